The number of hydrogen-bond acceptors (Lipinski definition) is 4. The summed E-state index contributed by atoms with van der Waals surface area (Å²) >= 11 is 0. The highest BCUT2D eigenvalue weighted by atomic mass is 35.5. The van der Waals surface area contributed by atoms with Crippen molar-refractivity contribution in [3.63, 3.8) is 0 Å². The topological polar surface area (TPSA) is 60.0 Å². The third-order valence-electron chi connectivity index (χ3n) is 3.99. The van der Waals surface area contributed by atoms with Gasteiger partial charge in [-0.15, -0.1) is 12.4 Å². The van der Waals surface area contributed by atoms with Crippen LogP contribution in [0, 0.1) is 11.3 Å². The lowest BCUT2D eigenvalue weighted by Crippen LogP contribution is -2.52. The highest BCUT2D eigenvalue weighted by molar-refractivity contribution is 5.85. The van der Waals surface area contributed by atoms with Crippen molar-refractivity contribution in [2.75, 3.05) is 13.1 Å². The summed E-state index contributed by atoms with van der Waals surface area (Å²) in [6.07, 6.45) is 2.73. The molecule has 1 saturated heterocycles. The molecule has 0 amide bonds. The molecule has 2 N–H and O–H groups in total. The van der Waals surface area contributed by atoms with Crippen molar-refractivity contribution in [2.45, 2.75) is 53.2 Å². The third kappa shape index (κ3) is 4.17. The monoisotopic (exact) mass is 301 g/mol. The molecule has 1 fully saturated rings. The lowest BCUT2D eigenvalue weighted by atomic mass is 9.80. The molecule has 6 heteroatoms. The van der Waals surface area contributed by atoms with Gasteiger partial charge in [0, 0.05) is 25.7 Å². The van der Waals surface area contributed by atoms with Gasteiger partial charge in [-0.1, -0.05) is 27.7 Å². The molecule has 0 aliphatic carbocycles. The highest BCUT2D eigenvalue weighted by Crippen LogP contribution is 2.28. The van der Waals surface area contributed by atoms with E-state index in [0.717, 1.165) is 38.4 Å². The standard InChI is InChI=1S/C14H27N5.ClH/c1-11(2)7-19-13(16-10-17-19)8-18-6-5-12(15)14(3,4)9-18;/h10-12H,5-9,15H2,1-4H3;1H. The molecule has 0 aromatic carbocycles. The van der Waals surface area contributed by atoms with E-state index in [0.29, 0.717) is 12.0 Å². The number of aromatic nitrogens is 3. The van der Waals surface area contributed by atoms with Crippen LogP contribution in [0.1, 0.15) is 39.9 Å². The molecular weight excluding hydrogens is 274 g/mol. The fourth-order valence-corrected chi connectivity index (χ4v) is 2.73. The number of nitrogens with two attached hydrogens (primary N) is 1. The van der Waals surface area contributed by atoms with Crippen LogP contribution in [0.2, 0.25) is 0 Å². The largest absolute Gasteiger partial charge is 0.327 e. The van der Waals surface area contributed by atoms with Crippen LogP contribution in [-0.4, -0.2) is 38.8 Å². The minimum absolute atomic E-state index is 0. The van der Waals surface area contributed by atoms with Crippen LogP contribution in [-0.2, 0) is 13.1 Å². The van der Waals surface area contributed by atoms with E-state index >= 15 is 0 Å². The minimum atomic E-state index is 0. The van der Waals surface area contributed by atoms with Crippen molar-refractivity contribution in [2.24, 2.45) is 17.1 Å². The van der Waals surface area contributed by atoms with Gasteiger partial charge in [0.15, 0.2) is 0 Å². The van der Waals surface area contributed by atoms with E-state index in [-0.39, 0.29) is 17.8 Å². The average Bonchev–Trinajstić information content (AvgIpc) is 2.70. The Balaban J connectivity index is 0.00000200. The molecule has 116 valence electrons. The van der Waals surface area contributed by atoms with Gasteiger partial charge in [-0.2, -0.15) is 5.10 Å². The number of nitrogens with zero attached hydrogens (tertiary/aromatic N) is 4. The van der Waals surface area contributed by atoms with Gasteiger partial charge in [0.2, 0.25) is 0 Å². The molecular formula is C14H28ClN5. The molecule has 0 saturated carbocycles. The molecule has 0 radical (unpaired) electrons. The Bertz CT molecular complexity index is 415. The summed E-state index contributed by atoms with van der Waals surface area (Å²) < 4.78 is 2.03. The maximum Gasteiger partial charge on any atom is 0.141 e. The SMILES string of the molecule is CC(C)Cn1ncnc1CN1CCC(N)C(C)(C)C1.Cl. The fraction of sp³-hybridized carbons (Fsp3) is 0.857. The van der Waals surface area contributed by atoms with Crippen molar-refractivity contribution in [1.29, 1.82) is 0 Å². The predicted molar refractivity (Wildman–Crippen MR) is 83.8 cm³/mol. The van der Waals surface area contributed by atoms with Gasteiger partial charge in [0.05, 0.1) is 6.54 Å². The second kappa shape index (κ2) is 6.87. The van der Waals surface area contributed by atoms with Crippen LogP contribution < -0.4 is 5.73 Å². The lowest BCUT2D eigenvalue weighted by molar-refractivity contribution is 0.0864. The minimum Gasteiger partial charge on any atom is -0.327 e. The summed E-state index contributed by atoms with van der Waals surface area (Å²) in [6, 6.07) is 0.303. The summed E-state index contributed by atoms with van der Waals surface area (Å²) in [5.41, 5.74) is 6.37. The van der Waals surface area contributed by atoms with Crippen LogP contribution >= 0.6 is 12.4 Å². The van der Waals surface area contributed by atoms with Gasteiger partial charge in [0.1, 0.15) is 12.2 Å². The van der Waals surface area contributed by atoms with E-state index in [1.54, 1.807) is 6.33 Å². The molecule has 5 nitrogen and oxygen atoms in total. The van der Waals surface area contributed by atoms with Crippen LogP contribution in [0.4, 0.5) is 0 Å². The zero-order chi connectivity index (χ0) is 14.0. The Kier molecular flexibility index (Phi) is 5.98. The summed E-state index contributed by atoms with van der Waals surface area (Å²) in [6.45, 7) is 12.8. The molecule has 0 bridgehead atoms. The Labute approximate surface area is 128 Å². The summed E-state index contributed by atoms with van der Waals surface area (Å²) in [7, 11) is 0. The van der Waals surface area contributed by atoms with Crippen molar-refractivity contribution in [1.82, 2.24) is 19.7 Å². The molecule has 20 heavy (non-hydrogen) atoms. The molecule has 2 rings (SSSR count). The van der Waals surface area contributed by atoms with Crippen molar-refractivity contribution in [3.8, 4) is 0 Å². The zero-order valence-electron chi connectivity index (χ0n) is 13.0. The summed E-state index contributed by atoms with van der Waals surface area (Å²) in [5.74, 6) is 1.66. The molecule has 2 heterocycles. The number of rotatable bonds is 4. The number of piperidine rings is 1. The fourth-order valence-electron chi connectivity index (χ4n) is 2.73. The van der Waals surface area contributed by atoms with Crippen molar-refractivity contribution < 1.29 is 0 Å². The normalized spacial score (nSPS) is 22.8. The number of likely N-dealkylation sites (tertiary alicyclic amines) is 1. The van der Waals surface area contributed by atoms with E-state index < -0.39 is 0 Å². The Morgan fingerprint density at radius 3 is 2.75 bits per heavy atom. The first kappa shape index (κ1) is 17.4. The third-order valence-corrected chi connectivity index (χ3v) is 3.99. The summed E-state index contributed by atoms with van der Waals surface area (Å²) in [5, 5.41) is 4.33. The second-order valence-corrected chi connectivity index (χ2v) is 6.85. The quantitative estimate of drug-likeness (QED) is 0.923. The van der Waals surface area contributed by atoms with Crippen LogP contribution in [0.15, 0.2) is 6.33 Å². The first-order valence-electron chi connectivity index (χ1n) is 7.23. The van der Waals surface area contributed by atoms with Crippen molar-refractivity contribution >= 4 is 12.4 Å². The van der Waals surface area contributed by atoms with Crippen LogP contribution in [0.5, 0.6) is 0 Å². The Hall–Kier alpha value is -0.650. The molecule has 1 aromatic heterocycles. The van der Waals surface area contributed by atoms with Gasteiger partial charge in [0.25, 0.3) is 0 Å². The zero-order valence-corrected chi connectivity index (χ0v) is 13.9. The number of hydrogen-bond donors (Lipinski definition) is 1. The Morgan fingerprint density at radius 2 is 2.15 bits per heavy atom. The maximum absolute atomic E-state index is 6.18. The van der Waals surface area contributed by atoms with Gasteiger partial charge >= 0.3 is 0 Å². The van der Waals surface area contributed by atoms with E-state index in [4.69, 9.17) is 5.73 Å². The molecule has 1 aliphatic rings. The van der Waals surface area contributed by atoms with E-state index in [1.165, 1.54) is 0 Å². The first-order valence-corrected chi connectivity index (χ1v) is 7.23. The Morgan fingerprint density at radius 1 is 1.45 bits per heavy atom. The predicted octanol–water partition coefficient (Wildman–Crippen LogP) is 1.92. The molecule has 1 aromatic rings. The molecule has 1 atom stereocenters. The van der Waals surface area contributed by atoms with E-state index in [1.807, 2.05) is 4.68 Å². The highest BCUT2D eigenvalue weighted by Gasteiger charge is 2.33. The van der Waals surface area contributed by atoms with Gasteiger partial charge < -0.3 is 5.73 Å². The molecule has 1 aliphatic heterocycles. The molecule has 1 unspecified atom stereocenters. The molecule has 0 spiro atoms. The smallest absolute Gasteiger partial charge is 0.141 e. The lowest BCUT2D eigenvalue weighted by Gasteiger charge is -2.42. The maximum atomic E-state index is 6.18. The van der Waals surface area contributed by atoms with E-state index in [2.05, 4.69) is 42.7 Å². The second-order valence-electron chi connectivity index (χ2n) is 6.85. The van der Waals surface area contributed by atoms with E-state index in [9.17, 15) is 0 Å². The number of halogens is 1. The van der Waals surface area contributed by atoms with Gasteiger partial charge in [-0.25, -0.2) is 9.67 Å². The van der Waals surface area contributed by atoms with Crippen molar-refractivity contribution in [3.05, 3.63) is 12.2 Å². The van der Waals surface area contributed by atoms with Gasteiger partial charge in [-0.05, 0) is 17.8 Å². The average molecular weight is 302 g/mol. The summed E-state index contributed by atoms with van der Waals surface area (Å²) in [4.78, 5) is 6.86. The van der Waals surface area contributed by atoms with Crippen LogP contribution in [0.25, 0.3) is 0 Å². The first-order chi connectivity index (χ1) is 8.88. The van der Waals surface area contributed by atoms with Gasteiger partial charge in [-0.3, -0.25) is 4.90 Å². The van der Waals surface area contributed by atoms with Crippen LogP contribution in [0.3, 0.4) is 0 Å².